The predicted molar refractivity (Wildman–Crippen MR) is 108 cm³/mol. The Bertz CT molecular complexity index is 1110. The molecule has 0 aliphatic heterocycles. The highest BCUT2D eigenvalue weighted by Gasteiger charge is 2.23. The van der Waals surface area contributed by atoms with E-state index in [-0.39, 0.29) is 10.5 Å². The van der Waals surface area contributed by atoms with Crippen LogP contribution < -0.4 is 9.62 Å². The number of nitrogens with zero attached hydrogens (tertiary/aromatic N) is 1. The molecule has 0 saturated heterocycles. The average Bonchev–Trinajstić information content (AvgIpc) is 2.63. The Kier molecular flexibility index (Phi) is 5.38. The summed E-state index contributed by atoms with van der Waals surface area (Å²) in [5.74, 6) is -2.33. The van der Waals surface area contributed by atoms with Gasteiger partial charge in [-0.3, -0.25) is 4.72 Å². The van der Waals surface area contributed by atoms with Crippen molar-refractivity contribution in [3.63, 3.8) is 0 Å². The van der Waals surface area contributed by atoms with Crippen LogP contribution in [0.4, 0.5) is 20.2 Å². The highest BCUT2D eigenvalue weighted by molar-refractivity contribution is 7.92. The number of hydrogen-bond donors (Lipinski definition) is 1. The molecule has 0 aliphatic carbocycles. The van der Waals surface area contributed by atoms with Crippen LogP contribution in [0.2, 0.25) is 0 Å². The zero-order valence-corrected chi connectivity index (χ0v) is 16.5. The molecule has 7 heteroatoms. The Hall–Kier alpha value is -2.93. The van der Waals surface area contributed by atoms with E-state index < -0.39 is 21.7 Å². The van der Waals surface area contributed by atoms with E-state index in [1.165, 1.54) is 0 Å². The van der Waals surface area contributed by atoms with Crippen LogP contribution in [0.5, 0.6) is 0 Å². The van der Waals surface area contributed by atoms with Crippen molar-refractivity contribution in [2.75, 3.05) is 23.7 Å². The lowest BCUT2D eigenvalue weighted by Crippen LogP contribution is -2.15. The van der Waals surface area contributed by atoms with Gasteiger partial charge in [0, 0.05) is 31.0 Å². The van der Waals surface area contributed by atoms with Gasteiger partial charge in [0.2, 0.25) is 0 Å². The van der Waals surface area contributed by atoms with Crippen molar-refractivity contribution in [3.8, 4) is 11.1 Å². The second kappa shape index (κ2) is 7.59. The number of rotatable bonds is 5. The van der Waals surface area contributed by atoms with Crippen LogP contribution in [0, 0.1) is 18.6 Å². The summed E-state index contributed by atoms with van der Waals surface area (Å²) in [7, 11) is -0.362. The molecule has 3 aromatic rings. The van der Waals surface area contributed by atoms with Crippen molar-refractivity contribution in [2.45, 2.75) is 11.8 Å². The fraction of sp³-hybridized carbons (Fsp3) is 0.143. The van der Waals surface area contributed by atoms with Crippen LogP contribution in [-0.2, 0) is 10.0 Å². The van der Waals surface area contributed by atoms with Gasteiger partial charge < -0.3 is 4.90 Å². The molecule has 0 spiro atoms. The maximum absolute atomic E-state index is 14.0. The lowest BCUT2D eigenvalue weighted by Gasteiger charge is -2.18. The monoisotopic (exact) mass is 402 g/mol. The molecule has 0 aliphatic rings. The van der Waals surface area contributed by atoms with E-state index in [9.17, 15) is 17.2 Å². The number of nitrogens with one attached hydrogen (secondary N) is 1. The molecule has 4 nitrogen and oxygen atoms in total. The number of aryl methyl sites for hydroxylation is 1. The minimum Gasteiger partial charge on any atom is -0.377 e. The number of benzene rings is 3. The van der Waals surface area contributed by atoms with Crippen molar-refractivity contribution >= 4 is 21.4 Å². The molecule has 146 valence electrons. The maximum Gasteiger partial charge on any atom is 0.262 e. The van der Waals surface area contributed by atoms with Crippen LogP contribution in [0.15, 0.2) is 65.6 Å². The molecule has 0 unspecified atom stereocenters. The van der Waals surface area contributed by atoms with Gasteiger partial charge in [-0.2, -0.15) is 0 Å². The molecule has 1 N–H and O–H groups in total. The SMILES string of the molecule is Cc1cc(-c2cc(F)c(F)cc2S(=O)(=O)Nc2ccccc2)ccc1N(C)C. The minimum atomic E-state index is -4.14. The molecule has 3 aromatic carbocycles. The van der Waals surface area contributed by atoms with Gasteiger partial charge in [-0.25, -0.2) is 17.2 Å². The first kappa shape index (κ1) is 19.8. The largest absolute Gasteiger partial charge is 0.377 e. The molecule has 0 fully saturated rings. The normalized spacial score (nSPS) is 11.3. The first-order valence-corrected chi connectivity index (χ1v) is 10.0. The zero-order chi connectivity index (χ0) is 20.5. The molecule has 3 rings (SSSR count). The summed E-state index contributed by atoms with van der Waals surface area (Å²) in [5.41, 5.74) is 2.73. The van der Waals surface area contributed by atoms with Crippen LogP contribution >= 0.6 is 0 Å². The molecule has 0 bridgehead atoms. The summed E-state index contributed by atoms with van der Waals surface area (Å²) in [4.78, 5) is 1.59. The topological polar surface area (TPSA) is 49.4 Å². The second-order valence-corrected chi connectivity index (χ2v) is 8.28. The molecule has 0 atom stereocenters. The summed E-state index contributed by atoms with van der Waals surface area (Å²) in [6.07, 6.45) is 0. The zero-order valence-electron chi connectivity index (χ0n) is 15.7. The number of sulfonamides is 1. The highest BCUT2D eigenvalue weighted by atomic mass is 32.2. The molecular formula is C21H20F2N2O2S. The first-order chi connectivity index (χ1) is 13.2. The Morgan fingerprint density at radius 2 is 1.54 bits per heavy atom. The number of hydrogen-bond acceptors (Lipinski definition) is 3. The molecular weight excluding hydrogens is 382 g/mol. The third kappa shape index (κ3) is 3.99. The Labute approximate surface area is 163 Å². The van der Waals surface area contributed by atoms with Crippen molar-refractivity contribution in [1.29, 1.82) is 0 Å². The van der Waals surface area contributed by atoms with E-state index in [1.54, 1.807) is 42.5 Å². The molecule has 0 amide bonds. The van der Waals surface area contributed by atoms with Gasteiger partial charge in [0.25, 0.3) is 10.0 Å². The molecule has 28 heavy (non-hydrogen) atoms. The van der Waals surface area contributed by atoms with Crippen molar-refractivity contribution in [3.05, 3.63) is 77.9 Å². The first-order valence-electron chi connectivity index (χ1n) is 8.54. The van der Waals surface area contributed by atoms with E-state index in [0.29, 0.717) is 17.3 Å². The van der Waals surface area contributed by atoms with Crippen LogP contribution in [0.1, 0.15) is 5.56 Å². The third-order valence-electron chi connectivity index (χ3n) is 4.33. The van der Waals surface area contributed by atoms with Gasteiger partial charge in [-0.15, -0.1) is 0 Å². The highest BCUT2D eigenvalue weighted by Crippen LogP contribution is 2.33. The third-order valence-corrected chi connectivity index (χ3v) is 5.75. The molecule has 0 radical (unpaired) electrons. The summed E-state index contributed by atoms with van der Waals surface area (Å²) >= 11 is 0. The van der Waals surface area contributed by atoms with Gasteiger partial charge in [-0.1, -0.05) is 24.3 Å². The fourth-order valence-corrected chi connectivity index (χ4v) is 4.30. The minimum absolute atomic E-state index is 0.0933. The Morgan fingerprint density at radius 3 is 2.14 bits per heavy atom. The van der Waals surface area contributed by atoms with E-state index in [1.807, 2.05) is 32.0 Å². The molecule has 0 aromatic heterocycles. The standard InChI is InChI=1S/C21H20F2N2O2S/c1-14-11-15(9-10-20(14)25(2)3)17-12-18(22)19(23)13-21(17)28(26,27)24-16-7-5-4-6-8-16/h4-13,24H,1-3H3. The van der Waals surface area contributed by atoms with E-state index in [4.69, 9.17) is 0 Å². The summed E-state index contributed by atoms with van der Waals surface area (Å²) in [5, 5.41) is 0. The summed E-state index contributed by atoms with van der Waals surface area (Å²) < 4.78 is 56.1. The number of anilines is 2. The summed E-state index contributed by atoms with van der Waals surface area (Å²) in [6.45, 7) is 1.87. The lowest BCUT2D eigenvalue weighted by molar-refractivity contribution is 0.505. The maximum atomic E-state index is 14.0. The van der Waals surface area contributed by atoms with Crippen molar-refractivity contribution in [1.82, 2.24) is 0 Å². The predicted octanol–water partition coefficient (Wildman–Crippen LogP) is 4.81. The second-order valence-electron chi connectivity index (χ2n) is 6.63. The van der Waals surface area contributed by atoms with Crippen molar-refractivity contribution < 1.29 is 17.2 Å². The lowest BCUT2D eigenvalue weighted by atomic mass is 10.0. The molecule has 0 saturated carbocycles. The molecule has 0 heterocycles. The average molecular weight is 402 g/mol. The van der Waals surface area contributed by atoms with Gasteiger partial charge >= 0.3 is 0 Å². The van der Waals surface area contributed by atoms with Gasteiger partial charge in [-0.05, 0) is 54.4 Å². The van der Waals surface area contributed by atoms with E-state index in [2.05, 4.69) is 4.72 Å². The van der Waals surface area contributed by atoms with Crippen LogP contribution in [0.3, 0.4) is 0 Å². The van der Waals surface area contributed by atoms with Gasteiger partial charge in [0.15, 0.2) is 11.6 Å². The fourth-order valence-electron chi connectivity index (χ4n) is 3.02. The van der Waals surface area contributed by atoms with Crippen molar-refractivity contribution in [2.24, 2.45) is 0 Å². The quantitative estimate of drug-likeness (QED) is 0.667. The van der Waals surface area contributed by atoms with Gasteiger partial charge in [0.05, 0.1) is 4.90 Å². The Balaban J connectivity index is 2.15. The van der Waals surface area contributed by atoms with Gasteiger partial charge in [0.1, 0.15) is 0 Å². The number of halogens is 2. The van der Waals surface area contributed by atoms with Crippen LogP contribution in [0.25, 0.3) is 11.1 Å². The Morgan fingerprint density at radius 1 is 0.893 bits per heavy atom. The van der Waals surface area contributed by atoms with E-state index >= 15 is 0 Å². The number of para-hydroxylation sites is 1. The summed E-state index contributed by atoms with van der Waals surface area (Å²) in [6, 6.07) is 15.1. The van der Waals surface area contributed by atoms with Crippen LogP contribution in [-0.4, -0.2) is 22.5 Å². The van der Waals surface area contributed by atoms with E-state index in [0.717, 1.165) is 17.3 Å². The smallest absolute Gasteiger partial charge is 0.262 e.